The molecular formula is C14H17Cl2NO3S. The van der Waals surface area contributed by atoms with Crippen molar-refractivity contribution in [3.8, 4) is 0 Å². The van der Waals surface area contributed by atoms with Gasteiger partial charge in [-0.15, -0.1) is 0 Å². The lowest BCUT2D eigenvalue weighted by molar-refractivity contribution is -0.145. The number of halogens is 2. The van der Waals surface area contributed by atoms with Crippen molar-refractivity contribution in [2.24, 2.45) is 0 Å². The smallest absolute Gasteiger partial charge is 0.328 e. The number of hydrogen-bond donors (Lipinski definition) is 1. The van der Waals surface area contributed by atoms with Gasteiger partial charge in [0, 0.05) is 15.6 Å². The molecule has 0 heterocycles. The maximum atomic E-state index is 12.2. The number of nitrogens with one attached hydrogen (secondary N) is 1. The number of ether oxygens (including phenoxy) is 1. The van der Waals surface area contributed by atoms with Gasteiger partial charge >= 0.3 is 5.97 Å². The van der Waals surface area contributed by atoms with Crippen LogP contribution in [-0.4, -0.2) is 36.5 Å². The van der Waals surface area contributed by atoms with Crippen LogP contribution in [0.15, 0.2) is 18.2 Å². The second kappa shape index (κ2) is 9.18. The van der Waals surface area contributed by atoms with Gasteiger partial charge in [0.2, 0.25) is 0 Å². The molecule has 116 valence electrons. The molecule has 1 unspecified atom stereocenters. The summed E-state index contributed by atoms with van der Waals surface area (Å²) in [5.74, 6) is -0.105. The maximum Gasteiger partial charge on any atom is 0.328 e. The van der Waals surface area contributed by atoms with Crippen molar-refractivity contribution in [3.05, 3.63) is 33.8 Å². The van der Waals surface area contributed by atoms with E-state index in [9.17, 15) is 9.59 Å². The monoisotopic (exact) mass is 349 g/mol. The number of rotatable bonds is 7. The van der Waals surface area contributed by atoms with Crippen molar-refractivity contribution in [2.45, 2.75) is 19.4 Å². The van der Waals surface area contributed by atoms with E-state index in [-0.39, 0.29) is 6.61 Å². The van der Waals surface area contributed by atoms with E-state index in [1.165, 1.54) is 18.2 Å². The van der Waals surface area contributed by atoms with Crippen molar-refractivity contribution >= 4 is 46.8 Å². The minimum Gasteiger partial charge on any atom is -0.464 e. The Balaban J connectivity index is 2.81. The topological polar surface area (TPSA) is 55.4 Å². The van der Waals surface area contributed by atoms with E-state index in [0.717, 1.165) is 5.75 Å². The van der Waals surface area contributed by atoms with Crippen LogP contribution in [0.5, 0.6) is 0 Å². The summed E-state index contributed by atoms with van der Waals surface area (Å²) in [7, 11) is 0. The number of hydrogen-bond acceptors (Lipinski definition) is 4. The van der Waals surface area contributed by atoms with E-state index >= 15 is 0 Å². The Morgan fingerprint density at radius 1 is 1.29 bits per heavy atom. The fourth-order valence-electron chi connectivity index (χ4n) is 1.65. The highest BCUT2D eigenvalue weighted by Gasteiger charge is 2.22. The minimum absolute atomic E-state index is 0.271. The highest BCUT2D eigenvalue weighted by Crippen LogP contribution is 2.19. The highest BCUT2D eigenvalue weighted by molar-refractivity contribution is 7.98. The fraction of sp³-hybridized carbons (Fsp3) is 0.429. The van der Waals surface area contributed by atoms with Crippen LogP contribution in [0.1, 0.15) is 23.7 Å². The van der Waals surface area contributed by atoms with Gasteiger partial charge in [0.25, 0.3) is 5.91 Å². The Labute approximate surface area is 138 Å². The first-order chi connectivity index (χ1) is 9.97. The van der Waals surface area contributed by atoms with Crippen molar-refractivity contribution in [2.75, 3.05) is 18.6 Å². The molecule has 0 aliphatic rings. The molecule has 1 atom stereocenters. The van der Waals surface area contributed by atoms with E-state index in [0.29, 0.717) is 22.0 Å². The van der Waals surface area contributed by atoms with Crippen LogP contribution < -0.4 is 5.32 Å². The molecule has 0 aliphatic carbocycles. The molecule has 1 amide bonds. The first kappa shape index (κ1) is 18.1. The third-order valence-electron chi connectivity index (χ3n) is 2.61. The molecule has 0 saturated carbocycles. The molecule has 21 heavy (non-hydrogen) atoms. The molecule has 1 aromatic carbocycles. The quantitative estimate of drug-likeness (QED) is 0.766. The van der Waals surface area contributed by atoms with Crippen molar-refractivity contribution < 1.29 is 14.3 Å². The zero-order valence-electron chi connectivity index (χ0n) is 11.8. The van der Waals surface area contributed by atoms with Crippen LogP contribution in [-0.2, 0) is 9.53 Å². The Hall–Kier alpha value is -0.910. The molecule has 1 rings (SSSR count). The average molecular weight is 350 g/mol. The number of amides is 1. The van der Waals surface area contributed by atoms with Gasteiger partial charge in [-0.05, 0) is 43.6 Å². The predicted molar refractivity (Wildman–Crippen MR) is 87.3 cm³/mol. The van der Waals surface area contributed by atoms with Gasteiger partial charge in [0.05, 0.1) is 6.61 Å². The Morgan fingerprint density at radius 3 is 2.43 bits per heavy atom. The van der Waals surface area contributed by atoms with Gasteiger partial charge in [-0.3, -0.25) is 4.79 Å². The number of carbonyl (C=O) groups is 2. The lowest BCUT2D eigenvalue weighted by atomic mass is 10.1. The summed E-state index contributed by atoms with van der Waals surface area (Å²) >= 11 is 13.3. The van der Waals surface area contributed by atoms with E-state index in [2.05, 4.69) is 5.32 Å². The van der Waals surface area contributed by atoms with E-state index in [1.807, 2.05) is 6.26 Å². The Morgan fingerprint density at radius 2 is 1.90 bits per heavy atom. The van der Waals surface area contributed by atoms with Gasteiger partial charge in [-0.25, -0.2) is 4.79 Å². The molecule has 0 spiro atoms. The number of carbonyl (C=O) groups excluding carboxylic acids is 2. The average Bonchev–Trinajstić information content (AvgIpc) is 2.42. The Bertz CT molecular complexity index is 491. The third kappa shape index (κ3) is 6.16. The summed E-state index contributed by atoms with van der Waals surface area (Å²) in [5.41, 5.74) is 0.311. The van der Waals surface area contributed by atoms with Crippen molar-refractivity contribution in [1.82, 2.24) is 5.32 Å². The van der Waals surface area contributed by atoms with E-state index in [4.69, 9.17) is 27.9 Å². The second-order valence-electron chi connectivity index (χ2n) is 4.22. The summed E-state index contributed by atoms with van der Waals surface area (Å²) in [4.78, 5) is 24.0. The van der Waals surface area contributed by atoms with Crippen LogP contribution in [0.3, 0.4) is 0 Å². The zero-order valence-corrected chi connectivity index (χ0v) is 14.1. The molecule has 0 aliphatic heterocycles. The SMILES string of the molecule is CCOC(=O)C(CCSC)NC(=O)c1cc(Cl)cc(Cl)c1. The summed E-state index contributed by atoms with van der Waals surface area (Å²) in [6.07, 6.45) is 2.43. The van der Waals surface area contributed by atoms with Gasteiger partial charge < -0.3 is 10.1 Å². The molecule has 0 saturated heterocycles. The van der Waals surface area contributed by atoms with Crippen LogP contribution in [0.2, 0.25) is 10.0 Å². The highest BCUT2D eigenvalue weighted by atomic mass is 35.5. The number of thioether (sulfide) groups is 1. The van der Waals surface area contributed by atoms with Crippen LogP contribution in [0.4, 0.5) is 0 Å². The van der Waals surface area contributed by atoms with Gasteiger partial charge in [0.15, 0.2) is 0 Å². The minimum atomic E-state index is -0.678. The second-order valence-corrected chi connectivity index (χ2v) is 6.08. The first-order valence-corrected chi connectivity index (χ1v) is 8.55. The van der Waals surface area contributed by atoms with E-state index in [1.54, 1.807) is 18.7 Å². The summed E-state index contributed by atoms with van der Waals surface area (Å²) < 4.78 is 4.97. The van der Waals surface area contributed by atoms with Crippen LogP contribution in [0, 0.1) is 0 Å². The van der Waals surface area contributed by atoms with E-state index < -0.39 is 17.9 Å². The van der Waals surface area contributed by atoms with Crippen molar-refractivity contribution in [3.63, 3.8) is 0 Å². The molecule has 7 heteroatoms. The predicted octanol–water partition coefficient (Wildman–Crippen LogP) is 3.41. The Kier molecular flexibility index (Phi) is 7.93. The van der Waals surface area contributed by atoms with Gasteiger partial charge in [0.1, 0.15) is 6.04 Å². The standard InChI is InChI=1S/C14H17Cl2NO3S/c1-3-20-14(19)12(4-5-21-2)17-13(18)9-6-10(15)8-11(16)7-9/h6-8,12H,3-5H2,1-2H3,(H,17,18). The molecule has 1 N–H and O–H groups in total. The summed E-state index contributed by atoms with van der Waals surface area (Å²) in [6, 6.07) is 3.86. The molecule has 0 radical (unpaired) electrons. The zero-order chi connectivity index (χ0) is 15.8. The van der Waals surface area contributed by atoms with Crippen molar-refractivity contribution in [1.29, 1.82) is 0 Å². The summed E-state index contributed by atoms with van der Waals surface area (Å²) in [6.45, 7) is 2.00. The lowest BCUT2D eigenvalue weighted by Gasteiger charge is -2.17. The van der Waals surface area contributed by atoms with Crippen LogP contribution in [0.25, 0.3) is 0 Å². The molecule has 1 aromatic rings. The first-order valence-electron chi connectivity index (χ1n) is 6.40. The largest absolute Gasteiger partial charge is 0.464 e. The molecule has 0 fully saturated rings. The van der Waals surface area contributed by atoms with Gasteiger partial charge in [-0.1, -0.05) is 23.2 Å². The fourth-order valence-corrected chi connectivity index (χ4v) is 2.65. The number of esters is 1. The molecular weight excluding hydrogens is 333 g/mol. The van der Waals surface area contributed by atoms with Crippen LogP contribution >= 0.6 is 35.0 Å². The molecule has 0 aromatic heterocycles. The number of benzene rings is 1. The lowest BCUT2D eigenvalue weighted by Crippen LogP contribution is -2.42. The molecule has 0 bridgehead atoms. The summed E-state index contributed by atoms with van der Waals surface area (Å²) in [5, 5.41) is 3.39. The normalized spacial score (nSPS) is 11.8. The van der Waals surface area contributed by atoms with Gasteiger partial charge in [-0.2, -0.15) is 11.8 Å². The maximum absolute atomic E-state index is 12.2. The third-order valence-corrected chi connectivity index (χ3v) is 3.69. The molecule has 4 nitrogen and oxygen atoms in total.